The molecule has 1 amide bonds. The van der Waals surface area contributed by atoms with Gasteiger partial charge in [-0.3, -0.25) is 36.2 Å². The van der Waals surface area contributed by atoms with Gasteiger partial charge in [-0.1, -0.05) is 0 Å². The third kappa shape index (κ3) is 4.62. The molecule has 3 N–H and O–H groups in total. The van der Waals surface area contributed by atoms with Gasteiger partial charge in [0.05, 0.1) is 4.92 Å². The number of pyridine rings is 1. The van der Waals surface area contributed by atoms with Crippen molar-refractivity contribution in [1.29, 1.82) is 0 Å². The molecule has 12 heteroatoms. The summed E-state index contributed by atoms with van der Waals surface area (Å²) < 4.78 is 0. The van der Waals surface area contributed by atoms with Crippen molar-refractivity contribution in [1.82, 2.24) is 30.3 Å². The summed E-state index contributed by atoms with van der Waals surface area (Å²) in [4.78, 5) is 36.9. The van der Waals surface area contributed by atoms with Gasteiger partial charge < -0.3 is 4.90 Å². The van der Waals surface area contributed by atoms with Crippen molar-refractivity contribution in [3.8, 4) is 0 Å². The Morgan fingerprint density at radius 1 is 1.15 bits per heavy atom. The molecule has 0 radical (unpaired) electrons. The molecule has 1 aliphatic rings. The molecule has 1 aliphatic heterocycles. The Balaban J connectivity index is 1.73. The van der Waals surface area contributed by atoms with E-state index in [9.17, 15) is 14.9 Å². The van der Waals surface area contributed by atoms with Crippen molar-refractivity contribution in [2.45, 2.75) is 0 Å². The molecule has 1 saturated heterocycles. The molecule has 1 fully saturated rings. The second kappa shape index (κ2) is 8.33. The first kappa shape index (κ1) is 18.4. The van der Waals surface area contributed by atoms with Crippen LogP contribution in [0.5, 0.6) is 0 Å². The Labute approximate surface area is 154 Å². The van der Waals surface area contributed by atoms with Gasteiger partial charge in [-0.15, -0.1) is 0 Å². The number of anilines is 2. The minimum atomic E-state index is -0.598. The molecule has 0 unspecified atom stereocenters. The standard InChI is InChI=1S/C15H19N9O3/c1-22-6-8-23(9-7-22)21-14-12(24(26)27)13(17-10-18-14)19-20-15(25)11-2-4-16-5-3-11/h2-5,10H,6-9H2,1H3,(H,20,25)(H2,17,18,19,21). The maximum absolute atomic E-state index is 12.1. The van der Waals surface area contributed by atoms with E-state index in [1.54, 1.807) is 0 Å². The smallest absolute Gasteiger partial charge is 0.304 e. The zero-order valence-corrected chi connectivity index (χ0v) is 14.6. The average Bonchev–Trinajstić information content (AvgIpc) is 2.68. The topological polar surface area (TPSA) is 141 Å². The van der Waals surface area contributed by atoms with Crippen molar-refractivity contribution >= 4 is 23.2 Å². The predicted molar refractivity (Wildman–Crippen MR) is 96.7 cm³/mol. The first-order valence-corrected chi connectivity index (χ1v) is 8.20. The Kier molecular flexibility index (Phi) is 5.68. The number of carbonyl (C=O) groups is 1. The molecule has 0 saturated carbocycles. The molecule has 2 aromatic rings. The van der Waals surface area contributed by atoms with Gasteiger partial charge in [0.2, 0.25) is 11.6 Å². The lowest BCUT2D eigenvalue weighted by Crippen LogP contribution is -2.47. The van der Waals surface area contributed by atoms with Crippen molar-refractivity contribution in [2.75, 3.05) is 44.1 Å². The summed E-state index contributed by atoms with van der Waals surface area (Å²) in [6, 6.07) is 3.04. The minimum absolute atomic E-state index is 0.0558. The highest BCUT2D eigenvalue weighted by Gasteiger charge is 2.25. The summed E-state index contributed by atoms with van der Waals surface area (Å²) in [6.07, 6.45) is 4.13. The van der Waals surface area contributed by atoms with E-state index in [-0.39, 0.29) is 17.3 Å². The van der Waals surface area contributed by atoms with Crippen molar-refractivity contribution < 1.29 is 9.72 Å². The molecule has 0 aromatic carbocycles. The number of piperazine rings is 1. The maximum atomic E-state index is 12.1. The van der Waals surface area contributed by atoms with Gasteiger partial charge in [-0.2, -0.15) is 0 Å². The third-order valence-corrected chi connectivity index (χ3v) is 4.01. The van der Waals surface area contributed by atoms with Gasteiger partial charge >= 0.3 is 5.69 Å². The Morgan fingerprint density at radius 3 is 2.48 bits per heavy atom. The highest BCUT2D eigenvalue weighted by molar-refractivity contribution is 5.94. The third-order valence-electron chi connectivity index (χ3n) is 4.01. The number of hydrogen-bond donors (Lipinski definition) is 3. The summed E-state index contributed by atoms with van der Waals surface area (Å²) in [6.45, 7) is 3.05. The monoisotopic (exact) mass is 373 g/mol. The number of amides is 1. The predicted octanol–water partition coefficient (Wildman–Crippen LogP) is 0.111. The summed E-state index contributed by atoms with van der Waals surface area (Å²) >= 11 is 0. The highest BCUT2D eigenvalue weighted by atomic mass is 16.6. The lowest BCUT2D eigenvalue weighted by molar-refractivity contribution is -0.383. The molecule has 0 aliphatic carbocycles. The number of nitrogens with one attached hydrogen (secondary N) is 3. The first-order chi connectivity index (χ1) is 13.0. The van der Waals surface area contributed by atoms with E-state index >= 15 is 0 Å². The highest BCUT2D eigenvalue weighted by Crippen LogP contribution is 2.28. The molecule has 3 heterocycles. The first-order valence-electron chi connectivity index (χ1n) is 8.20. The number of nitro groups is 1. The number of aromatic nitrogens is 3. The fourth-order valence-electron chi connectivity index (χ4n) is 2.48. The molecule has 27 heavy (non-hydrogen) atoms. The molecule has 2 aromatic heterocycles. The normalized spacial score (nSPS) is 15.1. The van der Waals surface area contributed by atoms with Crippen LogP contribution in [0.15, 0.2) is 30.9 Å². The molecule has 3 rings (SSSR count). The average molecular weight is 373 g/mol. The fraction of sp³-hybridized carbons (Fsp3) is 0.333. The van der Waals surface area contributed by atoms with Gasteiger partial charge in [0.25, 0.3) is 5.91 Å². The van der Waals surface area contributed by atoms with Crippen LogP contribution >= 0.6 is 0 Å². The van der Waals surface area contributed by atoms with Gasteiger partial charge in [-0.25, -0.2) is 15.0 Å². The molecule has 142 valence electrons. The number of carbonyl (C=O) groups excluding carboxylic acids is 1. The quantitative estimate of drug-likeness (QED) is 0.472. The second-order valence-electron chi connectivity index (χ2n) is 5.89. The van der Waals surface area contributed by atoms with Crippen LogP contribution in [0, 0.1) is 10.1 Å². The number of likely N-dealkylation sites (N-methyl/N-ethyl adjacent to an activating group) is 1. The van der Waals surface area contributed by atoms with E-state index in [2.05, 4.69) is 36.1 Å². The van der Waals surface area contributed by atoms with Crippen molar-refractivity contribution in [3.63, 3.8) is 0 Å². The van der Waals surface area contributed by atoms with Crippen LogP contribution in [0.4, 0.5) is 17.3 Å². The van der Waals surface area contributed by atoms with E-state index in [4.69, 9.17) is 0 Å². The van der Waals surface area contributed by atoms with Gasteiger partial charge in [0.1, 0.15) is 6.33 Å². The number of rotatable bonds is 6. The summed E-state index contributed by atoms with van der Waals surface area (Å²) in [5, 5.41) is 13.4. The molecule has 12 nitrogen and oxygen atoms in total. The Morgan fingerprint density at radius 2 is 1.81 bits per heavy atom. The van der Waals surface area contributed by atoms with Crippen molar-refractivity contribution in [3.05, 3.63) is 46.5 Å². The second-order valence-corrected chi connectivity index (χ2v) is 5.89. The van der Waals surface area contributed by atoms with Crippen LogP contribution in [0.25, 0.3) is 0 Å². The van der Waals surface area contributed by atoms with Crippen LogP contribution in [0.3, 0.4) is 0 Å². The van der Waals surface area contributed by atoms with E-state index < -0.39 is 10.8 Å². The van der Waals surface area contributed by atoms with Gasteiger partial charge in [-0.05, 0) is 19.2 Å². The van der Waals surface area contributed by atoms with E-state index in [1.807, 2.05) is 12.1 Å². The molecule has 0 atom stereocenters. The van der Waals surface area contributed by atoms with Crippen LogP contribution < -0.4 is 16.3 Å². The number of hydrazine groups is 2. The summed E-state index contributed by atoms with van der Waals surface area (Å²) in [7, 11) is 2.01. The molecule has 0 spiro atoms. The lowest BCUT2D eigenvalue weighted by atomic mass is 10.3. The van der Waals surface area contributed by atoms with Crippen LogP contribution in [-0.2, 0) is 0 Å². The Hall–Kier alpha value is -3.38. The maximum Gasteiger partial charge on any atom is 0.356 e. The van der Waals surface area contributed by atoms with Crippen LogP contribution in [-0.4, -0.2) is 68.9 Å². The summed E-state index contributed by atoms with van der Waals surface area (Å²) in [5.41, 5.74) is 7.85. The zero-order chi connectivity index (χ0) is 19.2. The van der Waals surface area contributed by atoms with Crippen LogP contribution in [0.2, 0.25) is 0 Å². The van der Waals surface area contributed by atoms with E-state index in [0.29, 0.717) is 18.7 Å². The van der Waals surface area contributed by atoms with Crippen molar-refractivity contribution in [2.24, 2.45) is 0 Å². The lowest BCUT2D eigenvalue weighted by Gasteiger charge is -2.32. The number of nitrogens with zero attached hydrogens (tertiary/aromatic N) is 6. The largest absolute Gasteiger partial charge is 0.356 e. The Bertz CT molecular complexity index is 809. The number of hydrogen-bond acceptors (Lipinski definition) is 10. The zero-order valence-electron chi connectivity index (χ0n) is 14.6. The molecular weight excluding hydrogens is 354 g/mol. The van der Waals surface area contributed by atoms with Gasteiger partial charge in [0, 0.05) is 44.1 Å². The fourth-order valence-corrected chi connectivity index (χ4v) is 2.48. The summed E-state index contributed by atoms with van der Waals surface area (Å²) in [5.74, 6) is -0.534. The van der Waals surface area contributed by atoms with Gasteiger partial charge in [0.15, 0.2) is 0 Å². The SMILES string of the molecule is CN1CCN(Nc2ncnc(NNC(=O)c3ccncc3)c2[N+](=O)[O-])CC1. The van der Waals surface area contributed by atoms with Crippen LogP contribution in [0.1, 0.15) is 10.4 Å². The van der Waals surface area contributed by atoms with E-state index in [1.165, 1.54) is 30.9 Å². The minimum Gasteiger partial charge on any atom is -0.304 e. The molecular formula is C15H19N9O3. The molecule has 0 bridgehead atoms. The van der Waals surface area contributed by atoms with E-state index in [0.717, 1.165) is 13.1 Å².